The lowest BCUT2D eigenvalue weighted by Gasteiger charge is -2.15. The monoisotopic (exact) mass is 392 g/mol. The van der Waals surface area contributed by atoms with Crippen LogP contribution in [0.5, 0.6) is 5.88 Å². The van der Waals surface area contributed by atoms with Gasteiger partial charge >= 0.3 is 5.97 Å². The molecule has 0 atom stereocenters. The topological polar surface area (TPSA) is 65.7 Å². The number of thiazole rings is 1. The molecule has 3 rings (SSSR count). The molecule has 1 aromatic heterocycles. The summed E-state index contributed by atoms with van der Waals surface area (Å²) in [4.78, 5) is 14.6. The maximum atomic E-state index is 10.7. The van der Waals surface area contributed by atoms with E-state index in [1.54, 1.807) is 17.8 Å². The first-order valence-corrected chi connectivity index (χ1v) is 9.71. The summed E-state index contributed by atoms with van der Waals surface area (Å²) in [5.41, 5.74) is 4.40. The number of aromatic hydroxyl groups is 1. The zero-order chi connectivity index (χ0) is 18.0. The normalized spacial score (nSPS) is 12.8. The molecule has 0 amide bonds. The molecule has 0 fully saturated rings. The van der Waals surface area contributed by atoms with E-state index in [0.717, 1.165) is 17.3 Å². The predicted molar refractivity (Wildman–Crippen MR) is 104 cm³/mol. The largest absolute Gasteiger partial charge is 0.493 e. The third-order valence-electron chi connectivity index (χ3n) is 3.69. The summed E-state index contributed by atoms with van der Waals surface area (Å²) in [6.07, 6.45) is 1.63. The Hall–Kier alpha value is -1.99. The Morgan fingerprint density at radius 3 is 2.88 bits per heavy atom. The number of para-hydroxylation sites is 1. The lowest BCUT2D eigenvalue weighted by molar-refractivity contribution is -0.137. The van der Waals surface area contributed by atoms with Gasteiger partial charge in [-0.3, -0.25) is 9.36 Å². The van der Waals surface area contributed by atoms with E-state index in [9.17, 15) is 9.90 Å². The fourth-order valence-corrected chi connectivity index (χ4v) is 4.83. The van der Waals surface area contributed by atoms with Crippen LogP contribution in [0.4, 0.5) is 5.69 Å². The number of carbonyl (C=O) groups is 1. The Morgan fingerprint density at radius 1 is 1.40 bits per heavy atom. The number of thioether (sulfide) groups is 1. The summed E-state index contributed by atoms with van der Waals surface area (Å²) < 4.78 is 1.90. The van der Waals surface area contributed by atoms with E-state index < -0.39 is 5.97 Å². The summed E-state index contributed by atoms with van der Waals surface area (Å²) in [6.45, 7) is 3.05. The van der Waals surface area contributed by atoms with Crippen LogP contribution in [0.15, 0.2) is 39.9 Å². The van der Waals surface area contributed by atoms with E-state index in [0.29, 0.717) is 8.83 Å². The Bertz CT molecular complexity index is 939. The molecule has 5 nitrogen and oxygen atoms in total. The molecular weight excluding hydrogens is 376 g/mol. The Kier molecular flexibility index (Phi) is 5.34. The number of nitrogens with zero attached hydrogens (tertiary/aromatic N) is 2. The quantitative estimate of drug-likeness (QED) is 0.575. The van der Waals surface area contributed by atoms with Gasteiger partial charge in [-0.15, -0.1) is 11.3 Å². The molecule has 1 aromatic carbocycles. The zero-order valence-electron chi connectivity index (χ0n) is 13.4. The third-order valence-corrected chi connectivity index (χ3v) is 6.18. The first kappa shape index (κ1) is 17.8. The van der Waals surface area contributed by atoms with Gasteiger partial charge in [-0.25, -0.2) is 0 Å². The Balaban J connectivity index is 1.92. The summed E-state index contributed by atoms with van der Waals surface area (Å²) in [5.74, 6) is -0.932. The summed E-state index contributed by atoms with van der Waals surface area (Å²) in [5, 5.41) is 20.1. The summed E-state index contributed by atoms with van der Waals surface area (Å²) in [7, 11) is 0. The average molecular weight is 393 g/mol. The molecule has 0 saturated heterocycles. The fraction of sp³-hybridized carbons (Fsp3) is 0.235. The highest BCUT2D eigenvalue weighted by atomic mass is 32.2. The number of hydrogen-bond donors (Lipinski definition) is 2. The first-order chi connectivity index (χ1) is 12.0. The van der Waals surface area contributed by atoms with Crippen molar-refractivity contribution >= 4 is 53.0 Å². The molecule has 2 N–H and O–H groups in total. The number of aromatic nitrogens is 1. The van der Waals surface area contributed by atoms with E-state index in [4.69, 9.17) is 17.3 Å². The van der Waals surface area contributed by atoms with Gasteiger partial charge in [0, 0.05) is 24.1 Å². The number of rotatable bonds is 5. The maximum absolute atomic E-state index is 10.7. The van der Waals surface area contributed by atoms with Gasteiger partial charge in [0.25, 0.3) is 0 Å². The van der Waals surface area contributed by atoms with E-state index in [-0.39, 0.29) is 18.8 Å². The van der Waals surface area contributed by atoms with Crippen LogP contribution in [0.3, 0.4) is 0 Å². The van der Waals surface area contributed by atoms with Crippen molar-refractivity contribution in [1.29, 1.82) is 0 Å². The van der Waals surface area contributed by atoms with E-state index in [1.807, 2.05) is 12.1 Å². The van der Waals surface area contributed by atoms with Gasteiger partial charge in [-0.2, -0.15) is 0 Å². The predicted octanol–water partition coefficient (Wildman–Crippen LogP) is 4.55. The number of hydrogen-bond acceptors (Lipinski definition) is 6. The van der Waals surface area contributed by atoms with Crippen LogP contribution in [0.1, 0.15) is 18.2 Å². The van der Waals surface area contributed by atoms with Crippen LogP contribution in [0.25, 0.3) is 6.08 Å². The van der Waals surface area contributed by atoms with E-state index >= 15 is 0 Å². The molecule has 0 aliphatic carbocycles. The second-order valence-electron chi connectivity index (χ2n) is 5.26. The van der Waals surface area contributed by atoms with Crippen LogP contribution >= 0.6 is 35.3 Å². The average Bonchev–Trinajstić information content (AvgIpc) is 3.07. The van der Waals surface area contributed by atoms with Gasteiger partial charge < -0.3 is 15.1 Å². The molecular formula is C17H16N2O3S3. The SMILES string of the molecule is CCN1C(=C=Cc2sc(=S)n(CCC(=O)O)c2O)Sc2ccccc21. The molecule has 0 spiro atoms. The van der Waals surface area contributed by atoms with Crippen molar-refractivity contribution in [3.8, 4) is 5.88 Å². The molecule has 25 heavy (non-hydrogen) atoms. The van der Waals surface area contributed by atoms with Gasteiger partial charge in [0.1, 0.15) is 5.03 Å². The van der Waals surface area contributed by atoms with E-state index in [1.165, 1.54) is 20.8 Å². The van der Waals surface area contributed by atoms with Gasteiger partial charge in [0.15, 0.2) is 3.95 Å². The molecule has 2 heterocycles. The number of carboxylic acids is 1. The fourth-order valence-electron chi connectivity index (χ4n) is 2.50. The lowest BCUT2D eigenvalue weighted by Crippen LogP contribution is -2.15. The van der Waals surface area contributed by atoms with Crippen LogP contribution in [-0.4, -0.2) is 27.3 Å². The van der Waals surface area contributed by atoms with Crippen molar-refractivity contribution in [3.63, 3.8) is 0 Å². The van der Waals surface area contributed by atoms with E-state index in [2.05, 4.69) is 29.7 Å². The first-order valence-electron chi connectivity index (χ1n) is 7.66. The van der Waals surface area contributed by atoms with Crippen molar-refractivity contribution in [3.05, 3.63) is 43.9 Å². The number of carboxylic acid groups (broad SMARTS) is 1. The second-order valence-corrected chi connectivity index (χ2v) is 7.97. The summed E-state index contributed by atoms with van der Waals surface area (Å²) >= 11 is 8.10. The molecule has 0 unspecified atom stereocenters. The number of aliphatic carboxylic acids is 1. The number of anilines is 1. The molecule has 1 aliphatic rings. The molecule has 0 saturated carbocycles. The highest BCUT2D eigenvalue weighted by molar-refractivity contribution is 8.03. The minimum atomic E-state index is -0.926. The van der Waals surface area contributed by atoms with Gasteiger partial charge in [-0.05, 0) is 31.3 Å². The standard InChI is InChI=1S/C17H16N2O3S3/c1-2-18-11-5-3-4-6-12(11)24-14(18)8-7-13-16(22)19(17(23)25-13)10-9-15(20)21/h3-7,22H,2,9-10H2,1H3,(H,20,21). The number of benzene rings is 1. The molecule has 0 radical (unpaired) electrons. The Labute approximate surface area is 158 Å². The van der Waals surface area contributed by atoms with Crippen LogP contribution in [-0.2, 0) is 11.3 Å². The molecule has 8 heteroatoms. The molecule has 0 bridgehead atoms. The molecule has 1 aliphatic heterocycles. The highest BCUT2D eigenvalue weighted by Crippen LogP contribution is 2.45. The van der Waals surface area contributed by atoms with Crippen molar-refractivity contribution in [2.75, 3.05) is 11.4 Å². The van der Waals surface area contributed by atoms with Crippen molar-refractivity contribution in [1.82, 2.24) is 4.57 Å². The van der Waals surface area contributed by atoms with Crippen molar-refractivity contribution in [2.24, 2.45) is 0 Å². The van der Waals surface area contributed by atoms with Crippen LogP contribution in [0.2, 0.25) is 0 Å². The maximum Gasteiger partial charge on any atom is 0.305 e. The Morgan fingerprint density at radius 2 is 2.16 bits per heavy atom. The molecule has 2 aromatic rings. The minimum Gasteiger partial charge on any atom is -0.493 e. The van der Waals surface area contributed by atoms with Crippen molar-refractivity contribution in [2.45, 2.75) is 24.8 Å². The second kappa shape index (κ2) is 7.49. The summed E-state index contributed by atoms with van der Waals surface area (Å²) in [6, 6.07) is 8.16. The highest BCUT2D eigenvalue weighted by Gasteiger charge is 2.23. The molecule has 130 valence electrons. The third kappa shape index (κ3) is 3.67. The van der Waals surface area contributed by atoms with Gasteiger partial charge in [-0.1, -0.05) is 29.6 Å². The number of fused-ring (bicyclic) bond motifs is 1. The van der Waals surface area contributed by atoms with Gasteiger partial charge in [0.2, 0.25) is 5.88 Å². The minimum absolute atomic E-state index is 0.00657. The zero-order valence-corrected chi connectivity index (χ0v) is 15.9. The lowest BCUT2D eigenvalue weighted by atomic mass is 10.3. The van der Waals surface area contributed by atoms with Gasteiger partial charge in [0.05, 0.1) is 17.0 Å². The van der Waals surface area contributed by atoms with Crippen LogP contribution < -0.4 is 4.90 Å². The smallest absolute Gasteiger partial charge is 0.305 e. The van der Waals surface area contributed by atoms with Crippen molar-refractivity contribution < 1.29 is 15.0 Å². The van der Waals surface area contributed by atoms with Crippen LogP contribution in [0, 0.1) is 3.95 Å².